The zero-order valence-electron chi connectivity index (χ0n) is 12.0. The highest BCUT2D eigenvalue weighted by Crippen LogP contribution is 2.29. The van der Waals surface area contributed by atoms with E-state index in [1.165, 1.54) is 25.8 Å². The predicted octanol–water partition coefficient (Wildman–Crippen LogP) is 2.91. The smallest absolute Gasteiger partial charge is 0.190 e. The van der Waals surface area contributed by atoms with Crippen LogP contribution in [0.3, 0.4) is 0 Å². The van der Waals surface area contributed by atoms with Crippen molar-refractivity contribution in [2.75, 3.05) is 30.8 Å². The van der Waals surface area contributed by atoms with Gasteiger partial charge in [-0.2, -0.15) is 0 Å². The van der Waals surface area contributed by atoms with Crippen LogP contribution in [0.5, 0.6) is 0 Å². The number of rotatable bonds is 2. The molecular formula is C14H21ClN4S. The molecule has 2 atom stereocenters. The molecule has 2 unspecified atom stereocenters. The van der Waals surface area contributed by atoms with Crippen LogP contribution in [0.2, 0.25) is 5.15 Å². The summed E-state index contributed by atoms with van der Waals surface area (Å²) >= 11 is 7.67. The van der Waals surface area contributed by atoms with E-state index in [1.807, 2.05) is 12.3 Å². The Hall–Kier alpha value is -0.520. The number of fused-ring (bicyclic) bond motifs is 1. The predicted molar refractivity (Wildman–Crippen MR) is 84.8 cm³/mol. The highest BCUT2D eigenvalue weighted by Gasteiger charge is 2.33. The van der Waals surface area contributed by atoms with Crippen LogP contribution in [-0.4, -0.2) is 52.8 Å². The largest absolute Gasteiger partial charge is 0.351 e. The van der Waals surface area contributed by atoms with Crippen LogP contribution in [0.4, 0.5) is 5.82 Å². The number of hydrogen-bond acceptors (Lipinski definition) is 5. The zero-order valence-corrected chi connectivity index (χ0v) is 13.6. The van der Waals surface area contributed by atoms with E-state index in [0.717, 1.165) is 24.1 Å². The third-order valence-electron chi connectivity index (χ3n) is 4.33. The fourth-order valence-corrected chi connectivity index (χ4v) is 3.90. The number of aromatic nitrogens is 2. The molecule has 0 spiro atoms. The number of halogens is 1. The molecule has 0 N–H and O–H groups in total. The van der Waals surface area contributed by atoms with Gasteiger partial charge in [0, 0.05) is 31.2 Å². The minimum atomic E-state index is 0.477. The lowest BCUT2D eigenvalue weighted by atomic mass is 9.97. The Labute approximate surface area is 129 Å². The molecule has 20 heavy (non-hydrogen) atoms. The van der Waals surface area contributed by atoms with E-state index in [-0.39, 0.29) is 0 Å². The van der Waals surface area contributed by atoms with Gasteiger partial charge < -0.3 is 4.90 Å². The van der Waals surface area contributed by atoms with Crippen LogP contribution in [0.15, 0.2) is 11.2 Å². The number of hydrogen-bond donors (Lipinski definition) is 0. The highest BCUT2D eigenvalue weighted by molar-refractivity contribution is 7.98. The lowest BCUT2D eigenvalue weighted by Gasteiger charge is -2.48. The van der Waals surface area contributed by atoms with Crippen molar-refractivity contribution in [1.29, 1.82) is 0 Å². The second kappa shape index (κ2) is 6.08. The van der Waals surface area contributed by atoms with E-state index in [9.17, 15) is 0 Å². The van der Waals surface area contributed by atoms with Gasteiger partial charge in [-0.15, -0.1) is 0 Å². The summed E-state index contributed by atoms with van der Waals surface area (Å²) in [5.74, 6) is 0.979. The minimum Gasteiger partial charge on any atom is -0.351 e. The second-order valence-corrected chi connectivity index (χ2v) is 6.84. The standard InChI is InChI=1S/C14H21ClN4S/c1-10-8-18-6-4-3-5-11(18)9-19(10)13-7-12(15)16-14(17-13)20-2/h7,10-11H,3-6,8-9H2,1-2H3. The molecule has 0 radical (unpaired) electrons. The van der Waals surface area contributed by atoms with E-state index in [0.29, 0.717) is 17.2 Å². The summed E-state index contributed by atoms with van der Waals surface area (Å²) in [6.07, 6.45) is 5.98. The van der Waals surface area contributed by atoms with Crippen molar-refractivity contribution < 1.29 is 0 Å². The Balaban J connectivity index is 1.83. The SMILES string of the molecule is CSc1nc(Cl)cc(N2CC3CCCCN3CC2C)n1. The number of piperazine rings is 1. The molecule has 0 aromatic carbocycles. The lowest BCUT2D eigenvalue weighted by Crippen LogP contribution is -2.59. The Kier molecular flexibility index (Phi) is 4.38. The summed E-state index contributed by atoms with van der Waals surface area (Å²) in [4.78, 5) is 13.9. The summed E-state index contributed by atoms with van der Waals surface area (Å²) in [6.45, 7) is 5.71. The van der Waals surface area contributed by atoms with Gasteiger partial charge in [-0.05, 0) is 32.6 Å². The molecule has 0 aliphatic carbocycles. The van der Waals surface area contributed by atoms with Crippen LogP contribution in [0, 0.1) is 0 Å². The number of nitrogens with zero attached hydrogens (tertiary/aromatic N) is 4. The summed E-state index contributed by atoms with van der Waals surface area (Å²) < 4.78 is 0. The Morgan fingerprint density at radius 3 is 2.95 bits per heavy atom. The van der Waals surface area contributed by atoms with Crippen molar-refractivity contribution >= 4 is 29.2 Å². The third kappa shape index (κ3) is 2.90. The number of piperidine rings is 1. The Morgan fingerprint density at radius 1 is 1.30 bits per heavy atom. The normalized spacial score (nSPS) is 27.4. The molecule has 2 aliphatic heterocycles. The molecule has 3 heterocycles. The summed E-state index contributed by atoms with van der Waals surface area (Å²) in [7, 11) is 0. The molecule has 0 saturated carbocycles. The van der Waals surface area contributed by atoms with Crippen LogP contribution < -0.4 is 4.90 Å². The molecule has 110 valence electrons. The molecule has 2 aliphatic rings. The molecule has 3 rings (SSSR count). The van der Waals surface area contributed by atoms with Crippen molar-refractivity contribution in [2.45, 2.75) is 43.4 Å². The van der Waals surface area contributed by atoms with E-state index in [2.05, 4.69) is 26.7 Å². The highest BCUT2D eigenvalue weighted by atomic mass is 35.5. The Morgan fingerprint density at radius 2 is 2.15 bits per heavy atom. The molecule has 6 heteroatoms. The van der Waals surface area contributed by atoms with Crippen molar-refractivity contribution in [1.82, 2.24) is 14.9 Å². The van der Waals surface area contributed by atoms with Crippen LogP contribution in [0.1, 0.15) is 26.2 Å². The van der Waals surface area contributed by atoms with Crippen LogP contribution in [0.25, 0.3) is 0 Å². The van der Waals surface area contributed by atoms with Crippen LogP contribution in [-0.2, 0) is 0 Å². The molecule has 0 amide bonds. The van der Waals surface area contributed by atoms with Gasteiger partial charge in [-0.1, -0.05) is 29.8 Å². The van der Waals surface area contributed by atoms with Crippen molar-refractivity contribution in [2.24, 2.45) is 0 Å². The fourth-order valence-electron chi connectivity index (χ4n) is 3.30. The maximum absolute atomic E-state index is 6.13. The van der Waals surface area contributed by atoms with E-state index in [1.54, 1.807) is 11.8 Å². The molecule has 2 fully saturated rings. The first-order valence-electron chi connectivity index (χ1n) is 7.26. The van der Waals surface area contributed by atoms with Gasteiger partial charge >= 0.3 is 0 Å². The third-order valence-corrected chi connectivity index (χ3v) is 5.07. The lowest BCUT2D eigenvalue weighted by molar-refractivity contribution is 0.115. The van der Waals surface area contributed by atoms with E-state index >= 15 is 0 Å². The monoisotopic (exact) mass is 312 g/mol. The topological polar surface area (TPSA) is 32.3 Å². The quantitative estimate of drug-likeness (QED) is 0.476. The summed E-state index contributed by atoms with van der Waals surface area (Å²) in [5.41, 5.74) is 0. The molecule has 1 aromatic heterocycles. The van der Waals surface area contributed by atoms with Gasteiger partial charge in [0.05, 0.1) is 0 Å². The van der Waals surface area contributed by atoms with Gasteiger partial charge in [0.1, 0.15) is 11.0 Å². The zero-order chi connectivity index (χ0) is 14.1. The second-order valence-electron chi connectivity index (χ2n) is 5.68. The molecular weight excluding hydrogens is 292 g/mol. The fraction of sp³-hybridized carbons (Fsp3) is 0.714. The number of anilines is 1. The van der Waals surface area contributed by atoms with Gasteiger partial charge in [0.2, 0.25) is 0 Å². The van der Waals surface area contributed by atoms with Crippen LogP contribution >= 0.6 is 23.4 Å². The van der Waals surface area contributed by atoms with Gasteiger partial charge in [-0.25, -0.2) is 9.97 Å². The molecule has 4 nitrogen and oxygen atoms in total. The number of thioether (sulfide) groups is 1. The van der Waals surface area contributed by atoms with Gasteiger partial charge in [0.15, 0.2) is 5.16 Å². The minimum absolute atomic E-state index is 0.477. The Bertz CT molecular complexity index is 484. The van der Waals surface area contributed by atoms with Gasteiger partial charge in [-0.3, -0.25) is 4.90 Å². The summed E-state index contributed by atoms with van der Waals surface area (Å²) in [6, 6.07) is 3.05. The average molecular weight is 313 g/mol. The average Bonchev–Trinajstić information content (AvgIpc) is 2.45. The summed E-state index contributed by atoms with van der Waals surface area (Å²) in [5, 5.41) is 1.29. The van der Waals surface area contributed by atoms with E-state index < -0.39 is 0 Å². The van der Waals surface area contributed by atoms with Crippen molar-refractivity contribution in [3.63, 3.8) is 0 Å². The van der Waals surface area contributed by atoms with Gasteiger partial charge in [0.25, 0.3) is 0 Å². The molecule has 1 aromatic rings. The molecule has 0 bridgehead atoms. The maximum Gasteiger partial charge on any atom is 0.190 e. The maximum atomic E-state index is 6.13. The van der Waals surface area contributed by atoms with E-state index in [4.69, 9.17) is 11.6 Å². The van der Waals surface area contributed by atoms with Crippen molar-refractivity contribution in [3.05, 3.63) is 11.2 Å². The molecule has 2 saturated heterocycles. The van der Waals surface area contributed by atoms with Crippen molar-refractivity contribution in [3.8, 4) is 0 Å². The first kappa shape index (κ1) is 14.4. The first-order chi connectivity index (χ1) is 9.67. The first-order valence-corrected chi connectivity index (χ1v) is 8.87.